The Morgan fingerprint density at radius 3 is 2.30 bits per heavy atom. The van der Waals surface area contributed by atoms with Gasteiger partial charge in [0.1, 0.15) is 6.04 Å². The van der Waals surface area contributed by atoms with Gasteiger partial charge in [0.15, 0.2) is 0 Å². The van der Waals surface area contributed by atoms with Gasteiger partial charge in [-0.15, -0.1) is 0 Å². The minimum Gasteiger partial charge on any atom is -0.352 e. The highest BCUT2D eigenvalue weighted by atomic mass is 35.5. The summed E-state index contributed by atoms with van der Waals surface area (Å²) in [4.78, 5) is 28.7. The minimum atomic E-state index is -3.56. The molecule has 0 spiro atoms. The summed E-state index contributed by atoms with van der Waals surface area (Å²) >= 11 is 12.3. The number of amides is 2. The van der Waals surface area contributed by atoms with E-state index >= 15 is 0 Å². The Morgan fingerprint density at radius 2 is 1.70 bits per heavy atom. The molecule has 1 N–H and O–H groups in total. The Bertz CT molecular complexity index is 1300. The van der Waals surface area contributed by atoms with Crippen LogP contribution in [0.25, 0.3) is 0 Å². The zero-order valence-electron chi connectivity index (χ0n) is 23.9. The Labute approximate surface area is 249 Å². The molecule has 1 aliphatic carbocycles. The molecule has 7 nitrogen and oxygen atoms in total. The van der Waals surface area contributed by atoms with Crippen LogP contribution in [-0.4, -0.2) is 50.0 Å². The van der Waals surface area contributed by atoms with Gasteiger partial charge < -0.3 is 10.2 Å². The number of rotatable bonds is 12. The smallest absolute Gasteiger partial charge is 0.243 e. The lowest BCUT2D eigenvalue weighted by Crippen LogP contribution is -2.51. The third kappa shape index (κ3) is 8.85. The predicted molar refractivity (Wildman–Crippen MR) is 163 cm³/mol. The molecule has 3 rings (SSSR count). The lowest BCUT2D eigenvalue weighted by molar-refractivity contribution is -0.141. The van der Waals surface area contributed by atoms with Crippen LogP contribution < -0.4 is 9.62 Å². The molecule has 2 amide bonds. The molecule has 2 aromatic carbocycles. The van der Waals surface area contributed by atoms with Crippen LogP contribution in [0.3, 0.4) is 0 Å². The van der Waals surface area contributed by atoms with E-state index in [0.29, 0.717) is 28.6 Å². The van der Waals surface area contributed by atoms with Crippen LogP contribution in [0, 0.1) is 13.8 Å². The van der Waals surface area contributed by atoms with Gasteiger partial charge in [-0.05, 0) is 80.5 Å². The lowest BCUT2D eigenvalue weighted by Gasteiger charge is -2.33. The molecule has 1 atom stereocenters. The van der Waals surface area contributed by atoms with E-state index in [9.17, 15) is 18.0 Å². The van der Waals surface area contributed by atoms with E-state index in [0.717, 1.165) is 42.4 Å². The molecule has 10 heteroatoms. The second kappa shape index (κ2) is 14.6. The second-order valence-corrected chi connectivity index (χ2v) is 13.5. The molecule has 0 bridgehead atoms. The summed E-state index contributed by atoms with van der Waals surface area (Å²) in [5.74, 6) is -0.374. The lowest BCUT2D eigenvalue weighted by atomic mass is 9.95. The quantitative estimate of drug-likeness (QED) is 0.301. The topological polar surface area (TPSA) is 86.8 Å². The monoisotopic (exact) mass is 609 g/mol. The zero-order chi connectivity index (χ0) is 29.4. The van der Waals surface area contributed by atoms with Crippen LogP contribution >= 0.6 is 23.2 Å². The first kappa shape index (κ1) is 32.2. The number of aryl methyl sites for hydroxylation is 2. The molecular formula is C30H41Cl2N3O4S. The zero-order valence-corrected chi connectivity index (χ0v) is 26.2. The van der Waals surface area contributed by atoms with E-state index in [4.69, 9.17) is 23.2 Å². The first-order valence-corrected chi connectivity index (χ1v) is 16.6. The Kier molecular flexibility index (Phi) is 11.7. The predicted octanol–water partition coefficient (Wildman–Crippen LogP) is 6.41. The van der Waals surface area contributed by atoms with Gasteiger partial charge in [0.05, 0.1) is 22.0 Å². The van der Waals surface area contributed by atoms with Crippen LogP contribution in [-0.2, 0) is 26.2 Å². The van der Waals surface area contributed by atoms with Crippen molar-refractivity contribution in [3.8, 4) is 0 Å². The summed E-state index contributed by atoms with van der Waals surface area (Å²) in [5.41, 5.74) is 3.40. The Hall–Kier alpha value is -2.29. The van der Waals surface area contributed by atoms with Crippen molar-refractivity contribution in [1.29, 1.82) is 0 Å². The molecule has 1 fully saturated rings. The van der Waals surface area contributed by atoms with Crippen molar-refractivity contribution in [2.24, 2.45) is 0 Å². The first-order valence-electron chi connectivity index (χ1n) is 14.0. The van der Waals surface area contributed by atoms with E-state index in [1.165, 1.54) is 17.0 Å². The van der Waals surface area contributed by atoms with Crippen molar-refractivity contribution < 1.29 is 18.0 Å². The van der Waals surface area contributed by atoms with Crippen molar-refractivity contribution in [1.82, 2.24) is 10.2 Å². The number of halogens is 2. The first-order chi connectivity index (χ1) is 18.9. The van der Waals surface area contributed by atoms with Crippen molar-refractivity contribution in [3.63, 3.8) is 0 Å². The molecule has 0 aliphatic heterocycles. The second-order valence-electron chi connectivity index (χ2n) is 10.7. The van der Waals surface area contributed by atoms with Crippen LogP contribution in [0.15, 0.2) is 36.4 Å². The van der Waals surface area contributed by atoms with Gasteiger partial charge in [0.2, 0.25) is 21.8 Å². The summed E-state index contributed by atoms with van der Waals surface area (Å²) in [5, 5.41) is 3.96. The molecule has 0 saturated heterocycles. The third-order valence-corrected chi connectivity index (χ3v) is 9.54. The fourth-order valence-electron chi connectivity index (χ4n) is 5.18. The fraction of sp³-hybridized carbons (Fsp3) is 0.533. The molecule has 2 aromatic rings. The third-order valence-electron chi connectivity index (χ3n) is 7.61. The summed E-state index contributed by atoms with van der Waals surface area (Å²) in [6.07, 6.45) is 7.26. The molecule has 0 aromatic heterocycles. The summed E-state index contributed by atoms with van der Waals surface area (Å²) in [6, 6.07) is 10.2. The highest BCUT2D eigenvalue weighted by Crippen LogP contribution is 2.26. The highest BCUT2D eigenvalue weighted by molar-refractivity contribution is 7.92. The van der Waals surface area contributed by atoms with E-state index in [2.05, 4.69) is 5.32 Å². The summed E-state index contributed by atoms with van der Waals surface area (Å²) in [7, 11) is -3.56. The van der Waals surface area contributed by atoms with Gasteiger partial charge in [-0.3, -0.25) is 13.9 Å². The maximum atomic E-state index is 13.7. The SMILES string of the molecule is CC[C@H](C(=O)NC1CCCCC1)N(Cc1ccc(Cl)c(Cl)c1)C(=O)CCCN(c1ccc(C)c(C)c1)S(C)(=O)=O. The van der Waals surface area contributed by atoms with Crippen LogP contribution in [0.5, 0.6) is 0 Å². The number of carbonyl (C=O) groups excluding carboxylic acids is 2. The van der Waals surface area contributed by atoms with E-state index in [1.807, 2.05) is 32.9 Å². The number of carbonyl (C=O) groups is 2. The van der Waals surface area contributed by atoms with Crippen LogP contribution in [0.2, 0.25) is 10.0 Å². The Morgan fingerprint density at radius 1 is 1.00 bits per heavy atom. The van der Waals surface area contributed by atoms with Gasteiger partial charge in [-0.2, -0.15) is 0 Å². The standard InChI is InChI=1S/C30H41Cl2N3O4S/c1-5-28(30(37)33-24-10-7-6-8-11-24)34(20-23-14-16-26(31)27(32)19-23)29(36)12-9-17-35(40(4,38)39)25-15-13-21(2)22(3)18-25/h13-16,18-19,24,28H,5-12,17,20H2,1-4H3,(H,33,37)/t28-/m1/s1. The molecule has 0 unspecified atom stereocenters. The number of nitrogens with one attached hydrogen (secondary N) is 1. The van der Waals surface area contributed by atoms with Gasteiger partial charge in [-0.1, -0.05) is 61.5 Å². The van der Waals surface area contributed by atoms with Gasteiger partial charge in [0, 0.05) is 25.6 Å². The largest absolute Gasteiger partial charge is 0.352 e. The maximum absolute atomic E-state index is 13.7. The van der Waals surface area contributed by atoms with E-state index < -0.39 is 16.1 Å². The van der Waals surface area contributed by atoms with Gasteiger partial charge in [-0.25, -0.2) is 8.42 Å². The van der Waals surface area contributed by atoms with Gasteiger partial charge >= 0.3 is 0 Å². The normalized spacial score (nSPS) is 14.9. The molecule has 40 heavy (non-hydrogen) atoms. The Balaban J connectivity index is 1.79. The average molecular weight is 611 g/mol. The van der Waals surface area contributed by atoms with E-state index in [1.54, 1.807) is 29.2 Å². The van der Waals surface area contributed by atoms with Gasteiger partial charge in [0.25, 0.3) is 0 Å². The number of anilines is 1. The van der Waals surface area contributed by atoms with Crippen molar-refractivity contribution >= 4 is 50.7 Å². The highest BCUT2D eigenvalue weighted by Gasteiger charge is 2.30. The minimum absolute atomic E-state index is 0.0887. The van der Waals surface area contributed by atoms with Crippen LogP contribution in [0.4, 0.5) is 5.69 Å². The number of nitrogens with zero attached hydrogens (tertiary/aromatic N) is 2. The van der Waals surface area contributed by atoms with Crippen molar-refractivity contribution in [3.05, 3.63) is 63.1 Å². The molecule has 0 heterocycles. The van der Waals surface area contributed by atoms with E-state index in [-0.39, 0.29) is 37.4 Å². The molecular weight excluding hydrogens is 569 g/mol. The molecule has 1 aliphatic rings. The van der Waals surface area contributed by atoms with Crippen molar-refractivity contribution in [2.45, 2.75) is 90.8 Å². The number of hydrogen-bond donors (Lipinski definition) is 1. The molecule has 1 saturated carbocycles. The summed E-state index contributed by atoms with van der Waals surface area (Å²) in [6.45, 7) is 6.15. The van der Waals surface area contributed by atoms with Crippen LogP contribution in [0.1, 0.15) is 75.0 Å². The molecule has 0 radical (unpaired) electrons. The van der Waals surface area contributed by atoms with Crippen molar-refractivity contribution in [2.75, 3.05) is 17.1 Å². The fourth-order valence-corrected chi connectivity index (χ4v) is 6.46. The number of sulfonamides is 1. The number of hydrogen-bond acceptors (Lipinski definition) is 4. The number of benzene rings is 2. The molecule has 220 valence electrons. The maximum Gasteiger partial charge on any atom is 0.243 e. The average Bonchev–Trinajstić information content (AvgIpc) is 2.90. The summed E-state index contributed by atoms with van der Waals surface area (Å²) < 4.78 is 26.6.